The molecule has 0 saturated heterocycles. The smallest absolute Gasteiger partial charge is 0.407 e. The van der Waals surface area contributed by atoms with Crippen molar-refractivity contribution in [3.8, 4) is 0 Å². The molecule has 6 heteroatoms. The van der Waals surface area contributed by atoms with Gasteiger partial charge in [0.25, 0.3) is 0 Å². The van der Waals surface area contributed by atoms with Crippen LogP contribution in [0.1, 0.15) is 24.8 Å². The molecule has 0 aliphatic carbocycles. The SMILES string of the molecule is CCOC(=O)NCC(CCO)c1ccc(F)c(F)c1. The van der Waals surface area contributed by atoms with Crippen LogP contribution in [-0.4, -0.2) is 31.0 Å². The van der Waals surface area contributed by atoms with Crippen LogP contribution in [0.2, 0.25) is 0 Å². The number of nitrogens with one attached hydrogen (secondary N) is 1. The highest BCUT2D eigenvalue weighted by Gasteiger charge is 2.15. The van der Waals surface area contributed by atoms with Gasteiger partial charge in [-0.05, 0) is 31.0 Å². The maximum Gasteiger partial charge on any atom is 0.407 e. The molecule has 1 aromatic carbocycles. The van der Waals surface area contributed by atoms with Gasteiger partial charge >= 0.3 is 6.09 Å². The van der Waals surface area contributed by atoms with E-state index in [4.69, 9.17) is 9.84 Å². The molecule has 0 spiro atoms. The van der Waals surface area contributed by atoms with E-state index in [1.807, 2.05) is 0 Å². The van der Waals surface area contributed by atoms with Gasteiger partial charge in [0.2, 0.25) is 0 Å². The van der Waals surface area contributed by atoms with Crippen LogP contribution in [0.25, 0.3) is 0 Å². The molecular weight excluding hydrogens is 256 g/mol. The Hall–Kier alpha value is -1.69. The lowest BCUT2D eigenvalue weighted by Crippen LogP contribution is -2.29. The summed E-state index contributed by atoms with van der Waals surface area (Å²) in [6.07, 6.45) is -0.245. The van der Waals surface area contributed by atoms with Gasteiger partial charge in [-0.15, -0.1) is 0 Å². The number of aliphatic hydroxyl groups is 1. The van der Waals surface area contributed by atoms with E-state index < -0.39 is 17.7 Å². The molecule has 2 N–H and O–H groups in total. The summed E-state index contributed by atoms with van der Waals surface area (Å²) in [7, 11) is 0. The molecule has 4 nitrogen and oxygen atoms in total. The zero-order valence-electron chi connectivity index (χ0n) is 10.7. The standard InChI is InChI=1S/C13H17F2NO3/c1-2-19-13(18)16-8-10(5-6-17)9-3-4-11(14)12(15)7-9/h3-4,7,10,17H,2,5-6,8H2,1H3,(H,16,18). The number of halogens is 2. The minimum atomic E-state index is -0.948. The molecular formula is C13H17F2NO3. The molecule has 1 unspecified atom stereocenters. The maximum absolute atomic E-state index is 13.1. The second-order valence-corrected chi connectivity index (χ2v) is 3.98. The Morgan fingerprint density at radius 1 is 1.42 bits per heavy atom. The van der Waals surface area contributed by atoms with Gasteiger partial charge in [0, 0.05) is 19.1 Å². The van der Waals surface area contributed by atoms with Crippen molar-refractivity contribution < 1.29 is 23.4 Å². The maximum atomic E-state index is 13.1. The van der Waals surface area contributed by atoms with E-state index in [2.05, 4.69) is 5.32 Å². The van der Waals surface area contributed by atoms with Crippen molar-refractivity contribution in [2.45, 2.75) is 19.3 Å². The second kappa shape index (κ2) is 7.68. The number of alkyl carbamates (subject to hydrolysis) is 1. The molecule has 1 amide bonds. The average molecular weight is 273 g/mol. The number of rotatable bonds is 6. The third kappa shape index (κ3) is 4.82. The zero-order valence-corrected chi connectivity index (χ0v) is 10.7. The highest BCUT2D eigenvalue weighted by molar-refractivity contribution is 5.67. The molecule has 106 valence electrons. The first-order chi connectivity index (χ1) is 9.08. The largest absolute Gasteiger partial charge is 0.450 e. The summed E-state index contributed by atoms with van der Waals surface area (Å²) < 4.78 is 30.7. The summed E-state index contributed by atoms with van der Waals surface area (Å²) in [5.74, 6) is -2.18. The number of ether oxygens (including phenoxy) is 1. The minimum absolute atomic E-state index is 0.117. The lowest BCUT2D eigenvalue weighted by molar-refractivity contribution is 0.151. The summed E-state index contributed by atoms with van der Waals surface area (Å²) in [5, 5.41) is 11.5. The molecule has 0 bridgehead atoms. The third-order valence-corrected chi connectivity index (χ3v) is 2.66. The van der Waals surface area contributed by atoms with Crippen LogP contribution in [0.5, 0.6) is 0 Å². The average Bonchev–Trinajstić information content (AvgIpc) is 2.38. The van der Waals surface area contributed by atoms with Crippen molar-refractivity contribution >= 4 is 6.09 Å². The molecule has 19 heavy (non-hydrogen) atoms. The van der Waals surface area contributed by atoms with Crippen LogP contribution < -0.4 is 5.32 Å². The highest BCUT2D eigenvalue weighted by Crippen LogP contribution is 2.21. The summed E-state index contributed by atoms with van der Waals surface area (Å²) in [6.45, 7) is 2.00. The monoisotopic (exact) mass is 273 g/mol. The summed E-state index contributed by atoms with van der Waals surface area (Å²) >= 11 is 0. The predicted molar refractivity (Wildman–Crippen MR) is 65.8 cm³/mol. The fraction of sp³-hybridized carbons (Fsp3) is 0.462. The topological polar surface area (TPSA) is 58.6 Å². The summed E-state index contributed by atoms with van der Waals surface area (Å²) in [5.41, 5.74) is 0.518. The Morgan fingerprint density at radius 2 is 2.16 bits per heavy atom. The molecule has 0 aliphatic heterocycles. The van der Waals surface area contributed by atoms with Crippen LogP contribution in [0.15, 0.2) is 18.2 Å². The first-order valence-electron chi connectivity index (χ1n) is 6.04. The van der Waals surface area contributed by atoms with Crippen molar-refractivity contribution in [3.63, 3.8) is 0 Å². The predicted octanol–water partition coefficient (Wildman–Crippen LogP) is 2.18. The van der Waals surface area contributed by atoms with Gasteiger partial charge in [0.1, 0.15) is 0 Å². The molecule has 0 radical (unpaired) electrons. The van der Waals surface area contributed by atoms with Gasteiger partial charge in [-0.1, -0.05) is 6.07 Å². The van der Waals surface area contributed by atoms with E-state index in [1.165, 1.54) is 6.07 Å². The van der Waals surface area contributed by atoms with Gasteiger partial charge in [-0.2, -0.15) is 0 Å². The van der Waals surface area contributed by atoms with Crippen LogP contribution in [0, 0.1) is 11.6 Å². The van der Waals surface area contributed by atoms with Gasteiger partial charge < -0.3 is 15.2 Å². The lowest BCUT2D eigenvalue weighted by atomic mass is 9.96. The first-order valence-corrected chi connectivity index (χ1v) is 6.04. The molecule has 1 atom stereocenters. The number of hydrogen-bond acceptors (Lipinski definition) is 3. The van der Waals surface area contributed by atoms with E-state index in [1.54, 1.807) is 6.92 Å². The molecule has 0 heterocycles. The number of carbonyl (C=O) groups is 1. The van der Waals surface area contributed by atoms with Crippen molar-refractivity contribution in [3.05, 3.63) is 35.4 Å². The van der Waals surface area contributed by atoms with Crippen molar-refractivity contribution in [2.24, 2.45) is 0 Å². The highest BCUT2D eigenvalue weighted by atomic mass is 19.2. The molecule has 1 rings (SSSR count). The van der Waals surface area contributed by atoms with Gasteiger partial charge in [0.15, 0.2) is 11.6 Å². The number of amides is 1. The summed E-state index contributed by atoms with van der Waals surface area (Å²) in [6, 6.07) is 3.54. The normalized spacial score (nSPS) is 12.0. The fourth-order valence-electron chi connectivity index (χ4n) is 1.70. The van der Waals surface area contributed by atoms with Crippen molar-refractivity contribution in [1.82, 2.24) is 5.32 Å². The minimum Gasteiger partial charge on any atom is -0.450 e. The van der Waals surface area contributed by atoms with Gasteiger partial charge in [0.05, 0.1) is 6.61 Å². The number of hydrogen-bond donors (Lipinski definition) is 2. The van der Waals surface area contributed by atoms with Crippen LogP contribution in [0.3, 0.4) is 0 Å². The van der Waals surface area contributed by atoms with Gasteiger partial charge in [-0.3, -0.25) is 0 Å². The van der Waals surface area contributed by atoms with Gasteiger partial charge in [-0.25, -0.2) is 13.6 Å². The van der Waals surface area contributed by atoms with E-state index in [0.717, 1.165) is 12.1 Å². The zero-order chi connectivity index (χ0) is 14.3. The van der Waals surface area contributed by atoms with E-state index in [0.29, 0.717) is 12.0 Å². The van der Waals surface area contributed by atoms with Crippen LogP contribution in [0.4, 0.5) is 13.6 Å². The molecule has 1 aromatic rings. The third-order valence-electron chi connectivity index (χ3n) is 2.66. The quantitative estimate of drug-likeness (QED) is 0.835. The van der Waals surface area contributed by atoms with Crippen molar-refractivity contribution in [2.75, 3.05) is 19.8 Å². The molecule has 0 fully saturated rings. The second-order valence-electron chi connectivity index (χ2n) is 3.98. The fourth-order valence-corrected chi connectivity index (χ4v) is 1.70. The Kier molecular flexibility index (Phi) is 6.21. The van der Waals surface area contributed by atoms with Crippen LogP contribution >= 0.6 is 0 Å². The van der Waals surface area contributed by atoms with Crippen LogP contribution in [-0.2, 0) is 4.74 Å². The number of benzene rings is 1. The van der Waals surface area contributed by atoms with Crippen molar-refractivity contribution in [1.29, 1.82) is 0 Å². The Labute approximate surface area is 110 Å². The van der Waals surface area contributed by atoms with E-state index in [9.17, 15) is 13.6 Å². The molecule has 0 saturated carbocycles. The Balaban J connectivity index is 2.70. The van der Waals surface area contributed by atoms with E-state index in [-0.39, 0.29) is 25.7 Å². The Bertz CT molecular complexity index is 426. The lowest BCUT2D eigenvalue weighted by Gasteiger charge is -2.17. The van der Waals surface area contributed by atoms with E-state index >= 15 is 0 Å². The number of aliphatic hydroxyl groups excluding tert-OH is 1. The number of carbonyl (C=O) groups excluding carboxylic acids is 1. The summed E-state index contributed by atoms with van der Waals surface area (Å²) in [4.78, 5) is 11.2. The first kappa shape index (κ1) is 15.4. The Morgan fingerprint density at radius 3 is 2.74 bits per heavy atom. The molecule has 0 aliphatic rings. The molecule has 0 aromatic heterocycles.